The summed E-state index contributed by atoms with van der Waals surface area (Å²) in [4.78, 5) is 0. The standard InChI is InChI=1S/C19H21FO3/c1-3-5-16-10-15(12-21)11-18(22-4-2)19(16)23-13-14-6-8-17(20)9-7-14/h3,6-11,21H,1,4-5,12-13H2,2H3. The number of aliphatic hydroxyl groups excluding tert-OH is 1. The molecule has 0 aromatic heterocycles. The summed E-state index contributed by atoms with van der Waals surface area (Å²) in [6.07, 6.45) is 2.38. The van der Waals surface area contributed by atoms with Gasteiger partial charge in [-0.25, -0.2) is 4.39 Å². The number of allylic oxidation sites excluding steroid dienone is 1. The van der Waals surface area contributed by atoms with Gasteiger partial charge in [0.2, 0.25) is 0 Å². The highest BCUT2D eigenvalue weighted by atomic mass is 19.1. The van der Waals surface area contributed by atoms with Crippen LogP contribution in [-0.2, 0) is 19.6 Å². The number of halogens is 1. The smallest absolute Gasteiger partial charge is 0.165 e. The van der Waals surface area contributed by atoms with Crippen LogP contribution in [0.25, 0.3) is 0 Å². The Morgan fingerprint density at radius 3 is 2.48 bits per heavy atom. The second kappa shape index (κ2) is 8.34. The summed E-state index contributed by atoms with van der Waals surface area (Å²) in [6.45, 7) is 6.38. The van der Waals surface area contributed by atoms with Gasteiger partial charge in [-0.3, -0.25) is 0 Å². The van der Waals surface area contributed by atoms with Crippen LogP contribution in [0, 0.1) is 5.82 Å². The summed E-state index contributed by atoms with van der Waals surface area (Å²) in [6, 6.07) is 9.83. The van der Waals surface area contributed by atoms with Crippen LogP contribution in [0.4, 0.5) is 4.39 Å². The van der Waals surface area contributed by atoms with E-state index in [0.29, 0.717) is 31.1 Å². The lowest BCUT2D eigenvalue weighted by molar-refractivity contribution is 0.261. The maximum Gasteiger partial charge on any atom is 0.165 e. The Morgan fingerprint density at radius 2 is 1.87 bits per heavy atom. The normalized spacial score (nSPS) is 10.4. The van der Waals surface area contributed by atoms with Gasteiger partial charge in [-0.2, -0.15) is 0 Å². The summed E-state index contributed by atoms with van der Waals surface area (Å²) in [7, 11) is 0. The Hall–Kier alpha value is -2.33. The van der Waals surface area contributed by atoms with Crippen molar-refractivity contribution in [3.63, 3.8) is 0 Å². The van der Waals surface area contributed by atoms with Crippen molar-refractivity contribution in [1.82, 2.24) is 0 Å². The van der Waals surface area contributed by atoms with Crippen LogP contribution in [0.1, 0.15) is 23.6 Å². The van der Waals surface area contributed by atoms with Crippen molar-refractivity contribution in [2.24, 2.45) is 0 Å². The summed E-state index contributed by atoms with van der Waals surface area (Å²) >= 11 is 0. The molecule has 2 rings (SSSR count). The molecule has 0 fully saturated rings. The molecule has 0 spiro atoms. The van der Waals surface area contributed by atoms with Crippen LogP contribution in [0.3, 0.4) is 0 Å². The first kappa shape index (κ1) is 17.0. The quantitative estimate of drug-likeness (QED) is 0.748. The van der Waals surface area contributed by atoms with Crippen molar-refractivity contribution >= 4 is 0 Å². The van der Waals surface area contributed by atoms with Crippen molar-refractivity contribution in [3.8, 4) is 11.5 Å². The summed E-state index contributed by atoms with van der Waals surface area (Å²) < 4.78 is 24.5. The van der Waals surface area contributed by atoms with Gasteiger partial charge in [-0.05, 0) is 48.7 Å². The minimum Gasteiger partial charge on any atom is -0.490 e. The van der Waals surface area contributed by atoms with Crippen molar-refractivity contribution in [2.45, 2.75) is 26.6 Å². The first-order chi connectivity index (χ1) is 11.2. The molecule has 0 saturated heterocycles. The van der Waals surface area contributed by atoms with Crippen molar-refractivity contribution in [2.75, 3.05) is 6.61 Å². The lowest BCUT2D eigenvalue weighted by atomic mass is 10.1. The molecule has 0 aliphatic carbocycles. The summed E-state index contributed by atoms with van der Waals surface area (Å²) in [5.74, 6) is 0.953. The van der Waals surface area contributed by atoms with E-state index in [1.54, 1.807) is 24.3 Å². The predicted octanol–water partition coefficient (Wildman–Crippen LogP) is 4.02. The second-order valence-electron chi connectivity index (χ2n) is 5.08. The Balaban J connectivity index is 2.29. The molecular weight excluding hydrogens is 295 g/mol. The summed E-state index contributed by atoms with van der Waals surface area (Å²) in [5.41, 5.74) is 2.53. The number of aliphatic hydroxyl groups is 1. The van der Waals surface area contributed by atoms with Gasteiger partial charge in [0.15, 0.2) is 11.5 Å². The van der Waals surface area contributed by atoms with Crippen LogP contribution in [-0.4, -0.2) is 11.7 Å². The van der Waals surface area contributed by atoms with E-state index in [4.69, 9.17) is 9.47 Å². The van der Waals surface area contributed by atoms with E-state index in [1.165, 1.54) is 12.1 Å². The zero-order valence-corrected chi connectivity index (χ0v) is 13.2. The third-order valence-electron chi connectivity index (χ3n) is 3.33. The SMILES string of the molecule is C=CCc1cc(CO)cc(OCC)c1OCc1ccc(F)cc1. The number of hydrogen-bond donors (Lipinski definition) is 1. The molecular formula is C19H21FO3. The van der Waals surface area contributed by atoms with Crippen molar-refractivity contribution < 1.29 is 19.0 Å². The Bertz CT molecular complexity index is 650. The monoisotopic (exact) mass is 316 g/mol. The molecule has 0 radical (unpaired) electrons. The van der Waals surface area contributed by atoms with Gasteiger partial charge in [0.1, 0.15) is 12.4 Å². The third kappa shape index (κ3) is 4.57. The zero-order chi connectivity index (χ0) is 16.7. The Morgan fingerprint density at radius 1 is 1.13 bits per heavy atom. The van der Waals surface area contributed by atoms with Gasteiger partial charge < -0.3 is 14.6 Å². The molecule has 0 heterocycles. The fourth-order valence-corrected chi connectivity index (χ4v) is 2.28. The third-order valence-corrected chi connectivity index (χ3v) is 3.33. The minimum absolute atomic E-state index is 0.0670. The fraction of sp³-hybridized carbons (Fsp3) is 0.263. The molecule has 0 atom stereocenters. The lowest BCUT2D eigenvalue weighted by Crippen LogP contribution is -2.04. The highest BCUT2D eigenvalue weighted by Crippen LogP contribution is 2.34. The zero-order valence-electron chi connectivity index (χ0n) is 13.2. The maximum atomic E-state index is 13.0. The van der Waals surface area contributed by atoms with Gasteiger partial charge in [0.25, 0.3) is 0 Å². The predicted molar refractivity (Wildman–Crippen MR) is 88.2 cm³/mol. The Kier molecular flexibility index (Phi) is 6.18. The number of ether oxygens (including phenoxy) is 2. The molecule has 2 aromatic rings. The second-order valence-corrected chi connectivity index (χ2v) is 5.08. The van der Waals surface area contributed by atoms with Gasteiger partial charge in [-0.1, -0.05) is 18.2 Å². The minimum atomic E-state index is -0.275. The van der Waals surface area contributed by atoms with Gasteiger partial charge in [-0.15, -0.1) is 6.58 Å². The molecule has 23 heavy (non-hydrogen) atoms. The van der Waals surface area contributed by atoms with Gasteiger partial charge >= 0.3 is 0 Å². The van der Waals surface area contributed by atoms with Crippen molar-refractivity contribution in [1.29, 1.82) is 0 Å². The number of rotatable bonds is 8. The average molecular weight is 316 g/mol. The fourth-order valence-electron chi connectivity index (χ4n) is 2.28. The van der Waals surface area contributed by atoms with E-state index >= 15 is 0 Å². The first-order valence-electron chi connectivity index (χ1n) is 7.55. The van der Waals surface area contributed by atoms with Crippen LogP contribution in [0.15, 0.2) is 49.1 Å². The van der Waals surface area contributed by atoms with E-state index in [9.17, 15) is 9.50 Å². The molecule has 3 nitrogen and oxygen atoms in total. The molecule has 0 saturated carbocycles. The summed E-state index contributed by atoms with van der Waals surface area (Å²) in [5, 5.41) is 9.39. The van der Waals surface area contributed by atoms with Crippen LogP contribution >= 0.6 is 0 Å². The molecule has 0 amide bonds. The molecule has 2 aromatic carbocycles. The van der Waals surface area contributed by atoms with Gasteiger partial charge in [0.05, 0.1) is 13.2 Å². The Labute approximate surface area is 136 Å². The van der Waals surface area contributed by atoms with E-state index < -0.39 is 0 Å². The molecule has 4 heteroatoms. The highest BCUT2D eigenvalue weighted by molar-refractivity contribution is 5.50. The lowest BCUT2D eigenvalue weighted by Gasteiger charge is -2.17. The van der Waals surface area contributed by atoms with Crippen LogP contribution in [0.2, 0.25) is 0 Å². The number of benzene rings is 2. The van der Waals surface area contributed by atoms with E-state index in [2.05, 4.69) is 6.58 Å². The van der Waals surface area contributed by atoms with E-state index in [0.717, 1.165) is 16.7 Å². The topological polar surface area (TPSA) is 38.7 Å². The molecule has 1 N–H and O–H groups in total. The van der Waals surface area contributed by atoms with Crippen LogP contribution < -0.4 is 9.47 Å². The molecule has 0 bridgehead atoms. The van der Waals surface area contributed by atoms with Crippen molar-refractivity contribution in [3.05, 3.63) is 71.6 Å². The average Bonchev–Trinajstić information content (AvgIpc) is 2.56. The largest absolute Gasteiger partial charge is 0.490 e. The van der Waals surface area contributed by atoms with Gasteiger partial charge in [0, 0.05) is 5.56 Å². The molecule has 0 aliphatic heterocycles. The van der Waals surface area contributed by atoms with Crippen LogP contribution in [0.5, 0.6) is 11.5 Å². The molecule has 0 unspecified atom stereocenters. The highest BCUT2D eigenvalue weighted by Gasteiger charge is 2.13. The maximum absolute atomic E-state index is 13.0. The first-order valence-corrected chi connectivity index (χ1v) is 7.55. The molecule has 122 valence electrons. The van der Waals surface area contributed by atoms with E-state index in [1.807, 2.05) is 13.0 Å². The molecule has 0 aliphatic rings. The number of hydrogen-bond acceptors (Lipinski definition) is 3. The van der Waals surface area contributed by atoms with E-state index in [-0.39, 0.29) is 12.4 Å².